The molecule has 0 saturated carbocycles. The summed E-state index contributed by atoms with van der Waals surface area (Å²) < 4.78 is 15.5. The Hall–Kier alpha value is -2.99. The van der Waals surface area contributed by atoms with Crippen molar-refractivity contribution in [1.29, 1.82) is 0 Å². The minimum atomic E-state index is -0.966. The Morgan fingerprint density at radius 2 is 1.81 bits per heavy atom. The van der Waals surface area contributed by atoms with Gasteiger partial charge in [-0.1, -0.05) is 23.7 Å². The normalized spacial score (nSPS) is 11.7. The van der Waals surface area contributed by atoms with E-state index in [0.29, 0.717) is 22.2 Å². The van der Waals surface area contributed by atoms with E-state index in [9.17, 15) is 9.59 Å². The van der Waals surface area contributed by atoms with E-state index in [0.717, 1.165) is 5.56 Å². The Labute approximate surface area is 162 Å². The number of rotatable bonds is 7. The molecule has 0 aliphatic rings. The number of methoxy groups -OCH3 is 2. The highest BCUT2D eigenvalue weighted by atomic mass is 35.5. The van der Waals surface area contributed by atoms with Gasteiger partial charge in [0.25, 0.3) is 5.91 Å². The lowest BCUT2D eigenvalue weighted by atomic mass is 10.2. The molecule has 2 aromatic carbocycles. The van der Waals surface area contributed by atoms with E-state index < -0.39 is 18.0 Å². The maximum atomic E-state index is 12.1. The zero-order chi connectivity index (χ0) is 19.8. The van der Waals surface area contributed by atoms with E-state index in [4.69, 9.17) is 25.8 Å². The number of anilines is 1. The molecule has 0 unspecified atom stereocenters. The van der Waals surface area contributed by atoms with Gasteiger partial charge in [-0.2, -0.15) is 0 Å². The van der Waals surface area contributed by atoms with Gasteiger partial charge < -0.3 is 19.5 Å². The summed E-state index contributed by atoms with van der Waals surface area (Å²) in [7, 11) is 3.07. The van der Waals surface area contributed by atoms with Crippen LogP contribution in [0, 0.1) is 0 Å². The van der Waals surface area contributed by atoms with Gasteiger partial charge in [-0.25, -0.2) is 4.79 Å². The Morgan fingerprint density at radius 1 is 1.07 bits per heavy atom. The number of amides is 1. The van der Waals surface area contributed by atoms with Gasteiger partial charge in [0.2, 0.25) is 0 Å². The lowest BCUT2D eigenvalue weighted by Gasteiger charge is -2.12. The van der Waals surface area contributed by atoms with Crippen LogP contribution >= 0.6 is 11.6 Å². The number of carbonyl (C=O) groups is 2. The van der Waals surface area contributed by atoms with Crippen molar-refractivity contribution in [3.05, 3.63) is 59.1 Å². The van der Waals surface area contributed by atoms with Crippen molar-refractivity contribution in [3.8, 4) is 11.5 Å². The van der Waals surface area contributed by atoms with Gasteiger partial charge in [-0.05, 0) is 48.9 Å². The van der Waals surface area contributed by atoms with Crippen LogP contribution in [0.1, 0.15) is 12.5 Å². The molecule has 1 amide bonds. The smallest absolute Gasteiger partial charge is 0.331 e. The van der Waals surface area contributed by atoms with Crippen molar-refractivity contribution in [1.82, 2.24) is 0 Å². The molecule has 2 rings (SSSR count). The molecule has 0 fully saturated rings. The van der Waals surface area contributed by atoms with E-state index in [-0.39, 0.29) is 0 Å². The molecule has 142 valence electrons. The third-order valence-electron chi connectivity index (χ3n) is 3.57. The second kappa shape index (κ2) is 9.64. The number of hydrogen-bond donors (Lipinski definition) is 1. The fourth-order valence-corrected chi connectivity index (χ4v) is 2.39. The lowest BCUT2D eigenvalue weighted by molar-refractivity contribution is -0.148. The van der Waals surface area contributed by atoms with E-state index in [1.54, 1.807) is 55.7 Å². The molecule has 1 atom stereocenters. The van der Waals surface area contributed by atoms with E-state index >= 15 is 0 Å². The molecule has 0 bridgehead atoms. The number of esters is 1. The first-order valence-electron chi connectivity index (χ1n) is 8.10. The van der Waals surface area contributed by atoms with Crippen LogP contribution in [0.2, 0.25) is 5.02 Å². The monoisotopic (exact) mass is 389 g/mol. The maximum absolute atomic E-state index is 12.1. The largest absolute Gasteiger partial charge is 0.493 e. The number of halogens is 1. The predicted molar refractivity (Wildman–Crippen MR) is 104 cm³/mol. The summed E-state index contributed by atoms with van der Waals surface area (Å²) in [4.78, 5) is 24.1. The third-order valence-corrected chi connectivity index (χ3v) is 3.81. The SMILES string of the molecule is COc1ccc(/C=C/C(=O)O[C@@H](C)C(=O)Nc2cccc(Cl)c2)cc1OC. The molecule has 6 nitrogen and oxygen atoms in total. The molecular formula is C20H20ClNO5. The van der Waals surface area contributed by atoms with Gasteiger partial charge in [-0.15, -0.1) is 0 Å². The quantitative estimate of drug-likeness (QED) is 0.573. The van der Waals surface area contributed by atoms with Crippen LogP contribution in [-0.2, 0) is 14.3 Å². The van der Waals surface area contributed by atoms with Gasteiger partial charge in [0.1, 0.15) is 0 Å². The summed E-state index contributed by atoms with van der Waals surface area (Å²) in [5, 5.41) is 3.13. The van der Waals surface area contributed by atoms with Crippen LogP contribution in [-0.4, -0.2) is 32.2 Å². The van der Waals surface area contributed by atoms with Crippen molar-refractivity contribution in [2.45, 2.75) is 13.0 Å². The molecule has 0 spiro atoms. The Morgan fingerprint density at radius 3 is 2.48 bits per heavy atom. The first-order chi connectivity index (χ1) is 12.9. The molecular weight excluding hydrogens is 370 g/mol. The van der Waals surface area contributed by atoms with Gasteiger partial charge in [0.15, 0.2) is 17.6 Å². The Balaban J connectivity index is 1.94. The molecule has 7 heteroatoms. The van der Waals surface area contributed by atoms with E-state index in [1.165, 1.54) is 20.1 Å². The highest BCUT2D eigenvalue weighted by Crippen LogP contribution is 2.28. The third kappa shape index (κ3) is 6.04. The minimum Gasteiger partial charge on any atom is -0.493 e. The Kier molecular flexibility index (Phi) is 7.25. The van der Waals surface area contributed by atoms with Crippen molar-refractivity contribution in [2.24, 2.45) is 0 Å². The van der Waals surface area contributed by atoms with E-state index in [1.807, 2.05) is 0 Å². The minimum absolute atomic E-state index is 0.454. The summed E-state index contributed by atoms with van der Waals surface area (Å²) in [5.41, 5.74) is 1.25. The highest BCUT2D eigenvalue weighted by molar-refractivity contribution is 6.30. The molecule has 0 aliphatic carbocycles. The molecule has 0 heterocycles. The number of ether oxygens (including phenoxy) is 3. The van der Waals surface area contributed by atoms with Gasteiger partial charge in [0.05, 0.1) is 14.2 Å². The number of nitrogens with one attached hydrogen (secondary N) is 1. The molecule has 1 N–H and O–H groups in total. The Bertz CT molecular complexity index is 850. The summed E-state index contributed by atoms with van der Waals surface area (Å²) in [5.74, 6) is 0.0366. The summed E-state index contributed by atoms with van der Waals surface area (Å²) >= 11 is 5.87. The van der Waals surface area contributed by atoms with Crippen LogP contribution in [0.15, 0.2) is 48.5 Å². The molecule has 0 saturated heterocycles. The number of benzene rings is 2. The lowest BCUT2D eigenvalue weighted by Crippen LogP contribution is -2.29. The molecule has 0 aliphatic heterocycles. The standard InChI is InChI=1S/C20H20ClNO5/c1-13(20(24)22-16-6-4-5-15(21)12-16)27-19(23)10-8-14-7-9-17(25-2)18(11-14)26-3/h4-13H,1-3H3,(H,22,24)/b10-8+/t13-/m0/s1. The summed E-state index contributed by atoms with van der Waals surface area (Å²) in [6.45, 7) is 1.49. The van der Waals surface area contributed by atoms with Crippen molar-refractivity contribution in [3.63, 3.8) is 0 Å². The predicted octanol–water partition coefficient (Wildman–Crippen LogP) is 3.94. The maximum Gasteiger partial charge on any atom is 0.331 e. The first kappa shape index (κ1) is 20.3. The van der Waals surface area contributed by atoms with Crippen LogP contribution in [0.4, 0.5) is 5.69 Å². The average molecular weight is 390 g/mol. The zero-order valence-electron chi connectivity index (χ0n) is 15.2. The van der Waals surface area contributed by atoms with Crippen molar-refractivity contribution in [2.75, 3.05) is 19.5 Å². The van der Waals surface area contributed by atoms with Crippen LogP contribution in [0.3, 0.4) is 0 Å². The zero-order valence-corrected chi connectivity index (χ0v) is 15.9. The fourth-order valence-electron chi connectivity index (χ4n) is 2.20. The van der Waals surface area contributed by atoms with Crippen LogP contribution < -0.4 is 14.8 Å². The highest BCUT2D eigenvalue weighted by Gasteiger charge is 2.16. The molecule has 27 heavy (non-hydrogen) atoms. The topological polar surface area (TPSA) is 73.9 Å². The van der Waals surface area contributed by atoms with Crippen LogP contribution in [0.25, 0.3) is 6.08 Å². The fraction of sp³-hybridized carbons (Fsp3) is 0.200. The first-order valence-corrected chi connectivity index (χ1v) is 8.48. The molecule has 0 aromatic heterocycles. The second-order valence-electron chi connectivity index (χ2n) is 5.53. The van der Waals surface area contributed by atoms with Crippen molar-refractivity contribution >= 4 is 35.2 Å². The second-order valence-corrected chi connectivity index (χ2v) is 5.96. The van der Waals surface area contributed by atoms with Crippen LogP contribution in [0.5, 0.6) is 11.5 Å². The van der Waals surface area contributed by atoms with Crippen molar-refractivity contribution < 1.29 is 23.8 Å². The summed E-state index contributed by atoms with van der Waals surface area (Å²) in [6.07, 6.45) is 1.84. The summed E-state index contributed by atoms with van der Waals surface area (Å²) in [6, 6.07) is 11.9. The molecule has 0 radical (unpaired) electrons. The number of hydrogen-bond acceptors (Lipinski definition) is 5. The average Bonchev–Trinajstić information content (AvgIpc) is 2.66. The number of carbonyl (C=O) groups excluding carboxylic acids is 2. The van der Waals surface area contributed by atoms with Gasteiger partial charge in [0, 0.05) is 16.8 Å². The van der Waals surface area contributed by atoms with Gasteiger partial charge in [-0.3, -0.25) is 4.79 Å². The molecule has 2 aromatic rings. The van der Waals surface area contributed by atoms with E-state index in [2.05, 4.69) is 5.32 Å². The van der Waals surface area contributed by atoms with Gasteiger partial charge >= 0.3 is 5.97 Å².